The molecule has 3 aromatic rings. The van der Waals surface area contributed by atoms with E-state index in [9.17, 15) is 4.79 Å². The normalized spacial score (nSPS) is 11.0. The number of rotatable bonds is 4. The van der Waals surface area contributed by atoms with E-state index in [0.29, 0.717) is 35.4 Å². The van der Waals surface area contributed by atoms with E-state index in [4.69, 9.17) is 4.74 Å². The fourth-order valence-electron chi connectivity index (χ4n) is 2.22. The van der Waals surface area contributed by atoms with Gasteiger partial charge >= 0.3 is 0 Å². The molecule has 1 N–H and O–H groups in total. The first-order valence-electron chi connectivity index (χ1n) is 6.72. The predicted molar refractivity (Wildman–Crippen MR) is 79.6 cm³/mol. The molecule has 0 aliphatic rings. The van der Waals surface area contributed by atoms with E-state index in [1.165, 1.54) is 0 Å². The highest BCUT2D eigenvalue weighted by molar-refractivity contribution is 5.79. The summed E-state index contributed by atoms with van der Waals surface area (Å²) in [6.07, 6.45) is 4.39. The Morgan fingerprint density at radius 1 is 1.38 bits per heavy atom. The monoisotopic (exact) mass is 284 g/mol. The van der Waals surface area contributed by atoms with Crippen LogP contribution in [-0.4, -0.2) is 26.9 Å². The molecule has 0 bridgehead atoms. The Labute approximate surface area is 121 Å². The van der Waals surface area contributed by atoms with E-state index in [1.54, 1.807) is 25.3 Å². The van der Waals surface area contributed by atoms with Crippen molar-refractivity contribution in [1.29, 1.82) is 0 Å². The van der Waals surface area contributed by atoms with Gasteiger partial charge < -0.3 is 9.72 Å². The Morgan fingerprint density at radius 3 is 2.95 bits per heavy atom. The topological polar surface area (TPSA) is 72.8 Å². The number of aryl methyl sites for hydroxylation is 3. The molecule has 0 aliphatic heterocycles. The molecule has 0 atom stereocenters. The quantitative estimate of drug-likeness (QED) is 0.791. The second kappa shape index (κ2) is 5.40. The average molecular weight is 284 g/mol. The molecule has 0 unspecified atom stereocenters. The summed E-state index contributed by atoms with van der Waals surface area (Å²) in [7, 11) is 1.57. The Hall–Kier alpha value is -2.63. The van der Waals surface area contributed by atoms with E-state index >= 15 is 0 Å². The molecule has 1 aromatic carbocycles. The maximum absolute atomic E-state index is 12.1. The molecule has 0 amide bonds. The molecule has 108 valence electrons. The van der Waals surface area contributed by atoms with E-state index in [0.717, 1.165) is 5.56 Å². The van der Waals surface area contributed by atoms with E-state index in [-0.39, 0.29) is 5.56 Å². The Morgan fingerprint density at radius 2 is 2.24 bits per heavy atom. The lowest BCUT2D eigenvalue weighted by molar-refractivity contribution is 0.415. The lowest BCUT2D eigenvalue weighted by atomic mass is 10.2. The first-order chi connectivity index (χ1) is 10.2. The van der Waals surface area contributed by atoms with Gasteiger partial charge in [-0.25, -0.2) is 4.98 Å². The zero-order valence-corrected chi connectivity index (χ0v) is 12.0. The van der Waals surface area contributed by atoms with Crippen LogP contribution < -0.4 is 10.3 Å². The molecule has 6 nitrogen and oxygen atoms in total. The molecule has 0 fully saturated rings. The highest BCUT2D eigenvalue weighted by Gasteiger charge is 2.06. The smallest absolute Gasteiger partial charge is 0.258 e. The zero-order valence-electron chi connectivity index (χ0n) is 12.0. The number of aromatic amines is 1. The molecular formula is C15H16N4O2. The van der Waals surface area contributed by atoms with E-state index in [2.05, 4.69) is 15.1 Å². The molecule has 0 spiro atoms. The van der Waals surface area contributed by atoms with Gasteiger partial charge in [0.2, 0.25) is 0 Å². The van der Waals surface area contributed by atoms with Crippen molar-refractivity contribution >= 4 is 10.9 Å². The van der Waals surface area contributed by atoms with Crippen LogP contribution in [-0.2, 0) is 13.0 Å². The van der Waals surface area contributed by atoms with Crippen molar-refractivity contribution in [1.82, 2.24) is 19.7 Å². The summed E-state index contributed by atoms with van der Waals surface area (Å²) in [5, 5.41) is 4.75. The Bertz CT molecular complexity index is 835. The molecule has 3 rings (SSSR count). The minimum Gasteiger partial charge on any atom is -0.497 e. The number of nitrogens with zero attached hydrogens (tertiary/aromatic N) is 3. The summed E-state index contributed by atoms with van der Waals surface area (Å²) in [6.45, 7) is 2.67. The fraction of sp³-hybridized carbons (Fsp3) is 0.267. The van der Waals surface area contributed by atoms with Crippen LogP contribution in [0.3, 0.4) is 0 Å². The van der Waals surface area contributed by atoms with Gasteiger partial charge in [0.25, 0.3) is 5.56 Å². The first kappa shape index (κ1) is 13.4. The number of ether oxygens (including phenoxy) is 1. The molecule has 21 heavy (non-hydrogen) atoms. The average Bonchev–Trinajstić information content (AvgIpc) is 2.90. The number of methoxy groups -OCH3 is 1. The van der Waals surface area contributed by atoms with E-state index in [1.807, 2.05) is 24.0 Å². The second-order valence-electron chi connectivity index (χ2n) is 4.93. The molecule has 2 heterocycles. The van der Waals surface area contributed by atoms with Crippen LogP contribution in [0, 0.1) is 6.92 Å². The number of aromatic nitrogens is 4. The van der Waals surface area contributed by atoms with Crippen molar-refractivity contribution in [2.45, 2.75) is 19.9 Å². The van der Waals surface area contributed by atoms with Crippen molar-refractivity contribution in [2.24, 2.45) is 0 Å². The largest absolute Gasteiger partial charge is 0.497 e. The van der Waals surface area contributed by atoms with Gasteiger partial charge in [-0.3, -0.25) is 9.48 Å². The SMILES string of the molecule is COc1ccc2nc(CCn3cc(C)cn3)[nH]c(=O)c2c1. The van der Waals surface area contributed by atoms with Crippen LogP contribution in [0.2, 0.25) is 0 Å². The van der Waals surface area contributed by atoms with Crippen LogP contribution in [0.5, 0.6) is 5.75 Å². The fourth-order valence-corrected chi connectivity index (χ4v) is 2.22. The molecule has 2 aromatic heterocycles. The van der Waals surface area contributed by atoms with Gasteiger partial charge in [-0.05, 0) is 30.7 Å². The van der Waals surface area contributed by atoms with Crippen molar-refractivity contribution < 1.29 is 4.74 Å². The van der Waals surface area contributed by atoms with Crippen molar-refractivity contribution in [3.05, 3.63) is 52.3 Å². The summed E-state index contributed by atoms with van der Waals surface area (Å²) >= 11 is 0. The van der Waals surface area contributed by atoms with Gasteiger partial charge in [0.15, 0.2) is 0 Å². The lowest BCUT2D eigenvalue weighted by Gasteiger charge is -2.05. The molecule has 6 heteroatoms. The number of hydrogen-bond acceptors (Lipinski definition) is 4. The summed E-state index contributed by atoms with van der Waals surface area (Å²) in [5.74, 6) is 1.31. The number of benzene rings is 1. The van der Waals surface area contributed by atoms with Crippen LogP contribution in [0.25, 0.3) is 10.9 Å². The summed E-state index contributed by atoms with van der Waals surface area (Å²) < 4.78 is 6.96. The Kier molecular flexibility index (Phi) is 3.43. The van der Waals surface area contributed by atoms with Gasteiger partial charge in [0.05, 0.1) is 24.2 Å². The minimum absolute atomic E-state index is 0.148. The highest BCUT2D eigenvalue weighted by Crippen LogP contribution is 2.16. The van der Waals surface area contributed by atoms with Crippen LogP contribution in [0.1, 0.15) is 11.4 Å². The van der Waals surface area contributed by atoms with Crippen LogP contribution >= 0.6 is 0 Å². The third-order valence-electron chi connectivity index (χ3n) is 3.30. The number of nitrogens with one attached hydrogen (secondary N) is 1. The van der Waals surface area contributed by atoms with Gasteiger partial charge in [0, 0.05) is 19.2 Å². The molecule has 0 saturated carbocycles. The van der Waals surface area contributed by atoms with Crippen molar-refractivity contribution in [3.63, 3.8) is 0 Å². The van der Waals surface area contributed by atoms with Crippen molar-refractivity contribution in [2.75, 3.05) is 7.11 Å². The third-order valence-corrected chi connectivity index (χ3v) is 3.30. The lowest BCUT2D eigenvalue weighted by Crippen LogP contribution is -2.14. The molecular weight excluding hydrogens is 268 g/mol. The summed E-state index contributed by atoms with van der Waals surface area (Å²) in [4.78, 5) is 19.4. The van der Waals surface area contributed by atoms with Gasteiger partial charge in [-0.2, -0.15) is 5.10 Å². The number of hydrogen-bond donors (Lipinski definition) is 1. The third kappa shape index (κ3) is 2.79. The minimum atomic E-state index is -0.148. The number of fused-ring (bicyclic) bond motifs is 1. The van der Waals surface area contributed by atoms with Crippen LogP contribution in [0.4, 0.5) is 0 Å². The standard InChI is InChI=1S/C15H16N4O2/c1-10-8-16-19(9-10)6-5-14-17-13-4-3-11(21-2)7-12(13)15(20)18-14/h3-4,7-9H,5-6H2,1-2H3,(H,17,18,20). The van der Waals surface area contributed by atoms with Gasteiger partial charge in [-0.1, -0.05) is 0 Å². The van der Waals surface area contributed by atoms with E-state index < -0.39 is 0 Å². The highest BCUT2D eigenvalue weighted by atomic mass is 16.5. The Balaban J connectivity index is 1.88. The molecule has 0 radical (unpaired) electrons. The second-order valence-corrected chi connectivity index (χ2v) is 4.93. The van der Waals surface area contributed by atoms with Crippen molar-refractivity contribution in [3.8, 4) is 5.75 Å². The van der Waals surface area contributed by atoms with Crippen LogP contribution in [0.15, 0.2) is 35.4 Å². The summed E-state index contributed by atoms with van der Waals surface area (Å²) in [6, 6.07) is 5.29. The zero-order chi connectivity index (χ0) is 14.8. The van der Waals surface area contributed by atoms with Gasteiger partial charge in [-0.15, -0.1) is 0 Å². The molecule has 0 aliphatic carbocycles. The predicted octanol–water partition coefficient (Wildman–Crippen LogP) is 1.68. The summed E-state index contributed by atoms with van der Waals surface area (Å²) in [5.41, 5.74) is 1.64. The van der Waals surface area contributed by atoms with Gasteiger partial charge in [0.1, 0.15) is 11.6 Å². The maximum Gasteiger partial charge on any atom is 0.258 e. The first-order valence-corrected chi connectivity index (χ1v) is 6.72. The number of H-pyrrole nitrogens is 1. The maximum atomic E-state index is 12.1. The molecule has 0 saturated heterocycles.